The van der Waals surface area contributed by atoms with Gasteiger partial charge in [-0.2, -0.15) is 5.21 Å². The van der Waals surface area contributed by atoms with Gasteiger partial charge < -0.3 is 14.8 Å². The van der Waals surface area contributed by atoms with E-state index in [1.807, 2.05) is 12.1 Å². The fourth-order valence-electron chi connectivity index (χ4n) is 1.84. The van der Waals surface area contributed by atoms with E-state index in [4.69, 9.17) is 9.47 Å². The monoisotopic (exact) mass is 325 g/mol. The molecule has 0 saturated heterocycles. The highest BCUT2D eigenvalue weighted by atomic mass is 79.9. The number of nitrogens with one attached hydrogen (secondary N) is 2. The second kappa shape index (κ2) is 5.54. The SMILES string of the molecule is Brc1cc(CNCc2nn[nH]n2)cc2c1OCCO2. The van der Waals surface area contributed by atoms with E-state index in [-0.39, 0.29) is 0 Å². The Morgan fingerprint density at radius 1 is 1.26 bits per heavy atom. The summed E-state index contributed by atoms with van der Waals surface area (Å²) in [7, 11) is 0. The Balaban J connectivity index is 1.66. The first kappa shape index (κ1) is 12.4. The maximum absolute atomic E-state index is 5.57. The molecule has 1 aromatic heterocycles. The van der Waals surface area contributed by atoms with Crippen LogP contribution in [0.1, 0.15) is 11.4 Å². The van der Waals surface area contributed by atoms with Crippen molar-refractivity contribution in [1.82, 2.24) is 25.9 Å². The molecule has 1 aromatic carbocycles. The summed E-state index contributed by atoms with van der Waals surface area (Å²) in [4.78, 5) is 0. The standard InChI is InChI=1S/C11H12BrN5O2/c12-8-3-7(4-9-11(8)19-2-1-18-9)5-13-6-10-14-16-17-15-10/h3-4,13H,1-2,5-6H2,(H,14,15,16,17). The Kier molecular flexibility index (Phi) is 3.60. The second-order valence-corrected chi connectivity index (χ2v) is 4.89. The van der Waals surface area contributed by atoms with Crippen molar-refractivity contribution in [3.8, 4) is 11.5 Å². The predicted octanol–water partition coefficient (Wildman–Crippen LogP) is 1.02. The number of hydrogen-bond donors (Lipinski definition) is 2. The normalized spacial score (nSPS) is 13.5. The number of nitrogens with zero attached hydrogens (tertiary/aromatic N) is 3. The number of benzene rings is 1. The smallest absolute Gasteiger partial charge is 0.188 e. The molecule has 0 spiro atoms. The van der Waals surface area contributed by atoms with Gasteiger partial charge in [0.05, 0.1) is 11.0 Å². The minimum Gasteiger partial charge on any atom is -0.486 e. The summed E-state index contributed by atoms with van der Waals surface area (Å²) < 4.78 is 12.0. The molecule has 8 heteroatoms. The number of aromatic amines is 1. The molecule has 0 bridgehead atoms. The van der Waals surface area contributed by atoms with Crippen LogP contribution in [0.15, 0.2) is 16.6 Å². The molecule has 3 rings (SSSR count). The highest BCUT2D eigenvalue weighted by Gasteiger charge is 2.16. The summed E-state index contributed by atoms with van der Waals surface area (Å²) in [6, 6.07) is 3.99. The lowest BCUT2D eigenvalue weighted by Crippen LogP contribution is -2.17. The molecule has 100 valence electrons. The molecule has 0 amide bonds. The van der Waals surface area contributed by atoms with Crippen molar-refractivity contribution >= 4 is 15.9 Å². The number of tetrazole rings is 1. The lowest BCUT2D eigenvalue weighted by Gasteiger charge is -2.20. The first-order chi connectivity index (χ1) is 9.33. The molecule has 2 aromatic rings. The Morgan fingerprint density at radius 2 is 2.16 bits per heavy atom. The summed E-state index contributed by atoms with van der Waals surface area (Å²) in [6.45, 7) is 2.41. The van der Waals surface area contributed by atoms with Crippen LogP contribution in [0, 0.1) is 0 Å². The van der Waals surface area contributed by atoms with Crippen LogP contribution in [0.5, 0.6) is 11.5 Å². The number of hydrogen-bond acceptors (Lipinski definition) is 6. The zero-order chi connectivity index (χ0) is 13.1. The fourth-order valence-corrected chi connectivity index (χ4v) is 2.45. The molecule has 0 aliphatic carbocycles. The van der Waals surface area contributed by atoms with Gasteiger partial charge in [0.25, 0.3) is 0 Å². The van der Waals surface area contributed by atoms with Crippen LogP contribution in [-0.2, 0) is 13.1 Å². The third kappa shape index (κ3) is 2.85. The molecule has 2 heterocycles. The number of halogens is 1. The molecule has 7 nitrogen and oxygen atoms in total. The van der Waals surface area contributed by atoms with E-state index in [1.54, 1.807) is 0 Å². The number of H-pyrrole nitrogens is 1. The van der Waals surface area contributed by atoms with Crippen molar-refractivity contribution in [3.05, 3.63) is 28.0 Å². The Bertz CT molecular complexity index is 560. The molecule has 1 aliphatic rings. The number of ether oxygens (including phenoxy) is 2. The molecule has 0 unspecified atom stereocenters. The molecule has 19 heavy (non-hydrogen) atoms. The van der Waals surface area contributed by atoms with E-state index < -0.39 is 0 Å². The quantitative estimate of drug-likeness (QED) is 0.873. The summed E-state index contributed by atoms with van der Waals surface area (Å²) >= 11 is 3.49. The second-order valence-electron chi connectivity index (χ2n) is 4.03. The van der Waals surface area contributed by atoms with Gasteiger partial charge in [-0.25, -0.2) is 0 Å². The lowest BCUT2D eigenvalue weighted by atomic mass is 10.2. The van der Waals surface area contributed by atoms with Crippen LogP contribution in [0.4, 0.5) is 0 Å². The molecule has 0 fully saturated rings. The van der Waals surface area contributed by atoms with Crippen molar-refractivity contribution in [1.29, 1.82) is 0 Å². The molecule has 0 radical (unpaired) electrons. The van der Waals surface area contributed by atoms with Gasteiger partial charge in [0.2, 0.25) is 0 Å². The minimum absolute atomic E-state index is 0.558. The van der Waals surface area contributed by atoms with Gasteiger partial charge in [-0.05, 0) is 33.6 Å². The maximum atomic E-state index is 5.57. The number of rotatable bonds is 4. The third-order valence-corrected chi connectivity index (χ3v) is 3.25. The fraction of sp³-hybridized carbons (Fsp3) is 0.364. The van der Waals surface area contributed by atoms with Gasteiger partial charge in [-0.15, -0.1) is 10.2 Å². The predicted molar refractivity (Wildman–Crippen MR) is 69.9 cm³/mol. The van der Waals surface area contributed by atoms with Gasteiger partial charge in [0.15, 0.2) is 17.3 Å². The largest absolute Gasteiger partial charge is 0.486 e. The maximum Gasteiger partial charge on any atom is 0.188 e. The first-order valence-electron chi connectivity index (χ1n) is 5.84. The Labute approximate surface area is 117 Å². The Hall–Kier alpha value is -1.67. The topological polar surface area (TPSA) is 85.0 Å². The molecular formula is C11H12BrN5O2. The van der Waals surface area contributed by atoms with Crippen molar-refractivity contribution in [3.63, 3.8) is 0 Å². The number of fused-ring (bicyclic) bond motifs is 1. The molecular weight excluding hydrogens is 314 g/mol. The average Bonchev–Trinajstić information content (AvgIpc) is 2.92. The van der Waals surface area contributed by atoms with Crippen LogP contribution < -0.4 is 14.8 Å². The van der Waals surface area contributed by atoms with Gasteiger partial charge >= 0.3 is 0 Å². The Morgan fingerprint density at radius 3 is 3.00 bits per heavy atom. The zero-order valence-corrected chi connectivity index (χ0v) is 11.6. The summed E-state index contributed by atoms with van der Waals surface area (Å²) in [5.41, 5.74) is 1.10. The lowest BCUT2D eigenvalue weighted by molar-refractivity contribution is 0.170. The van der Waals surface area contributed by atoms with E-state index in [9.17, 15) is 0 Å². The molecule has 0 saturated carbocycles. The summed E-state index contributed by atoms with van der Waals surface area (Å²) in [5.74, 6) is 2.18. The van der Waals surface area contributed by atoms with Gasteiger partial charge in [-0.1, -0.05) is 5.21 Å². The number of aromatic nitrogens is 4. The molecule has 1 aliphatic heterocycles. The van der Waals surface area contributed by atoms with E-state index in [0.29, 0.717) is 32.1 Å². The van der Waals surface area contributed by atoms with Crippen molar-refractivity contribution in [2.75, 3.05) is 13.2 Å². The van der Waals surface area contributed by atoms with Crippen molar-refractivity contribution < 1.29 is 9.47 Å². The van der Waals surface area contributed by atoms with Crippen LogP contribution in [-0.4, -0.2) is 33.8 Å². The van der Waals surface area contributed by atoms with Gasteiger partial charge in [-0.3, -0.25) is 0 Å². The van der Waals surface area contributed by atoms with E-state index >= 15 is 0 Å². The third-order valence-electron chi connectivity index (χ3n) is 2.66. The molecule has 0 atom stereocenters. The molecule has 2 N–H and O–H groups in total. The average molecular weight is 326 g/mol. The first-order valence-corrected chi connectivity index (χ1v) is 6.63. The van der Waals surface area contributed by atoms with E-state index in [1.165, 1.54) is 0 Å². The van der Waals surface area contributed by atoms with Crippen LogP contribution in [0.3, 0.4) is 0 Å². The zero-order valence-electron chi connectivity index (χ0n) is 10.0. The highest BCUT2D eigenvalue weighted by Crippen LogP contribution is 2.38. The van der Waals surface area contributed by atoms with E-state index in [0.717, 1.165) is 21.5 Å². The van der Waals surface area contributed by atoms with Crippen LogP contribution in [0.2, 0.25) is 0 Å². The van der Waals surface area contributed by atoms with E-state index in [2.05, 4.69) is 41.9 Å². The van der Waals surface area contributed by atoms with Crippen LogP contribution in [0.25, 0.3) is 0 Å². The highest BCUT2D eigenvalue weighted by molar-refractivity contribution is 9.10. The van der Waals surface area contributed by atoms with Gasteiger partial charge in [0, 0.05) is 6.54 Å². The van der Waals surface area contributed by atoms with Crippen molar-refractivity contribution in [2.45, 2.75) is 13.1 Å². The van der Waals surface area contributed by atoms with Gasteiger partial charge in [0.1, 0.15) is 13.2 Å². The summed E-state index contributed by atoms with van der Waals surface area (Å²) in [5, 5.41) is 16.9. The van der Waals surface area contributed by atoms with Crippen LogP contribution >= 0.6 is 15.9 Å². The minimum atomic E-state index is 0.558. The summed E-state index contributed by atoms with van der Waals surface area (Å²) in [6.07, 6.45) is 0. The van der Waals surface area contributed by atoms with Crippen molar-refractivity contribution in [2.24, 2.45) is 0 Å².